The summed E-state index contributed by atoms with van der Waals surface area (Å²) < 4.78 is 26.5. The normalized spacial score (nSPS) is 20.1. The monoisotopic (exact) mass is 590 g/mol. The van der Waals surface area contributed by atoms with E-state index >= 15 is 0 Å². The van der Waals surface area contributed by atoms with E-state index in [0.29, 0.717) is 33.1 Å². The van der Waals surface area contributed by atoms with Gasteiger partial charge in [0.1, 0.15) is 27.9 Å². The molecule has 1 amide bonds. The Morgan fingerprint density at radius 3 is 2.19 bits per heavy atom. The van der Waals surface area contributed by atoms with Gasteiger partial charge in [-0.1, -0.05) is 64.1 Å². The Morgan fingerprint density at radius 1 is 1.00 bits per heavy atom. The summed E-state index contributed by atoms with van der Waals surface area (Å²) in [6, 6.07) is 10.9. The standard InChI is InChI=1S/C25H17Cl5F2N2O2/c1-12-17(27)7-13(8-18(12)28)22-24(11-35,25(22,29)30)10-33-14-5-6-16(26)15(9-14)23(36)34-21-19(31)3-2-4-20(21)32/h2-9,11,22,33H,10H2,1H3,(H,34,36). The minimum absolute atomic E-state index is 0.00190. The van der Waals surface area contributed by atoms with Crippen molar-refractivity contribution in [2.24, 2.45) is 5.41 Å². The highest BCUT2D eigenvalue weighted by Crippen LogP contribution is 2.73. The molecule has 0 saturated heterocycles. The molecule has 36 heavy (non-hydrogen) atoms. The Bertz CT molecular complexity index is 1340. The van der Waals surface area contributed by atoms with Crippen LogP contribution in [0.3, 0.4) is 0 Å². The molecule has 1 fully saturated rings. The molecule has 3 aromatic rings. The van der Waals surface area contributed by atoms with Crippen molar-refractivity contribution in [1.29, 1.82) is 0 Å². The topological polar surface area (TPSA) is 58.2 Å². The summed E-state index contributed by atoms with van der Waals surface area (Å²) in [4.78, 5) is 24.9. The molecule has 4 rings (SSSR count). The molecule has 2 unspecified atom stereocenters. The van der Waals surface area contributed by atoms with E-state index in [1.54, 1.807) is 25.1 Å². The van der Waals surface area contributed by atoms with Gasteiger partial charge in [0.2, 0.25) is 0 Å². The van der Waals surface area contributed by atoms with Crippen LogP contribution < -0.4 is 10.6 Å². The Balaban J connectivity index is 1.56. The van der Waals surface area contributed by atoms with Gasteiger partial charge in [-0.3, -0.25) is 4.79 Å². The van der Waals surface area contributed by atoms with Crippen LogP contribution >= 0.6 is 58.0 Å². The number of hydrogen-bond acceptors (Lipinski definition) is 3. The smallest absolute Gasteiger partial charge is 0.257 e. The second-order valence-electron chi connectivity index (χ2n) is 8.42. The minimum Gasteiger partial charge on any atom is -0.384 e. The third-order valence-electron chi connectivity index (χ3n) is 6.26. The molecule has 0 aromatic heterocycles. The van der Waals surface area contributed by atoms with Crippen LogP contribution in [0.2, 0.25) is 15.1 Å². The molecular weight excluding hydrogens is 576 g/mol. The number of nitrogens with one attached hydrogen (secondary N) is 2. The van der Waals surface area contributed by atoms with Crippen LogP contribution in [0.5, 0.6) is 0 Å². The summed E-state index contributed by atoms with van der Waals surface area (Å²) in [7, 11) is 0. The molecule has 1 saturated carbocycles. The fraction of sp³-hybridized carbons (Fsp3) is 0.200. The van der Waals surface area contributed by atoms with Gasteiger partial charge in [-0.15, -0.1) is 0 Å². The lowest BCUT2D eigenvalue weighted by molar-refractivity contribution is -0.112. The molecule has 0 aliphatic heterocycles. The van der Waals surface area contributed by atoms with Crippen molar-refractivity contribution in [3.63, 3.8) is 0 Å². The average molecular weight is 593 g/mol. The largest absolute Gasteiger partial charge is 0.384 e. The number of hydrogen-bond donors (Lipinski definition) is 2. The molecule has 188 valence electrons. The molecule has 0 spiro atoms. The van der Waals surface area contributed by atoms with Gasteiger partial charge >= 0.3 is 0 Å². The zero-order valence-electron chi connectivity index (χ0n) is 18.4. The second kappa shape index (κ2) is 9.99. The van der Waals surface area contributed by atoms with Crippen molar-refractivity contribution >= 4 is 81.6 Å². The first kappa shape index (κ1) is 27.0. The minimum atomic E-state index is -1.45. The van der Waals surface area contributed by atoms with Gasteiger partial charge in [0.15, 0.2) is 0 Å². The van der Waals surface area contributed by atoms with E-state index in [1.165, 1.54) is 18.2 Å². The zero-order valence-corrected chi connectivity index (χ0v) is 22.2. The molecule has 1 aliphatic rings. The Morgan fingerprint density at radius 2 is 1.61 bits per heavy atom. The number of rotatable bonds is 7. The summed E-state index contributed by atoms with van der Waals surface area (Å²) in [6.07, 6.45) is 0.677. The van der Waals surface area contributed by atoms with E-state index in [4.69, 9.17) is 58.0 Å². The first-order valence-corrected chi connectivity index (χ1v) is 12.4. The number of anilines is 2. The van der Waals surface area contributed by atoms with E-state index in [0.717, 1.165) is 12.1 Å². The number of benzene rings is 3. The molecule has 3 aromatic carbocycles. The van der Waals surface area contributed by atoms with Crippen LogP contribution in [0, 0.1) is 24.0 Å². The third-order valence-corrected chi connectivity index (χ3v) is 8.51. The molecular formula is C25H17Cl5F2N2O2. The third kappa shape index (κ3) is 4.66. The van der Waals surface area contributed by atoms with Crippen molar-refractivity contribution in [3.05, 3.63) is 91.9 Å². The van der Waals surface area contributed by atoms with Crippen LogP contribution in [0.25, 0.3) is 0 Å². The SMILES string of the molecule is Cc1c(Cl)cc(C2C(Cl)(Cl)C2(C=O)CNc2ccc(Cl)c(C(=O)Nc3c(F)cccc3F)c2)cc1Cl. The van der Waals surface area contributed by atoms with Crippen LogP contribution in [0.4, 0.5) is 20.2 Å². The van der Waals surface area contributed by atoms with E-state index < -0.39 is 38.9 Å². The molecule has 1 aliphatic carbocycles. The highest BCUT2D eigenvalue weighted by atomic mass is 35.5. The van der Waals surface area contributed by atoms with E-state index in [2.05, 4.69) is 10.6 Å². The highest BCUT2D eigenvalue weighted by Gasteiger charge is 2.76. The molecule has 0 heterocycles. The zero-order chi connectivity index (χ0) is 26.4. The number of carbonyl (C=O) groups is 2. The maximum absolute atomic E-state index is 14.0. The van der Waals surface area contributed by atoms with Gasteiger partial charge in [0.25, 0.3) is 5.91 Å². The van der Waals surface area contributed by atoms with Crippen molar-refractivity contribution in [3.8, 4) is 0 Å². The summed E-state index contributed by atoms with van der Waals surface area (Å²) >= 11 is 31.8. The van der Waals surface area contributed by atoms with Crippen LogP contribution in [0.15, 0.2) is 48.5 Å². The number of alkyl halides is 2. The fourth-order valence-electron chi connectivity index (χ4n) is 4.08. The van der Waals surface area contributed by atoms with Gasteiger partial charge < -0.3 is 15.4 Å². The van der Waals surface area contributed by atoms with Crippen molar-refractivity contribution < 1.29 is 18.4 Å². The maximum Gasteiger partial charge on any atom is 0.257 e. The predicted octanol–water partition coefficient (Wildman–Crippen LogP) is 8.05. The number of aldehydes is 1. The number of halogens is 7. The summed E-state index contributed by atoms with van der Waals surface area (Å²) in [5.41, 5.74) is -0.170. The van der Waals surface area contributed by atoms with Crippen molar-refractivity contribution in [1.82, 2.24) is 0 Å². The predicted molar refractivity (Wildman–Crippen MR) is 141 cm³/mol. The highest BCUT2D eigenvalue weighted by molar-refractivity contribution is 6.54. The van der Waals surface area contributed by atoms with Crippen molar-refractivity contribution in [2.45, 2.75) is 17.2 Å². The Hall–Kier alpha value is -2.09. The molecule has 11 heteroatoms. The quantitative estimate of drug-likeness (QED) is 0.216. The molecule has 0 bridgehead atoms. The van der Waals surface area contributed by atoms with E-state index in [1.807, 2.05) is 0 Å². The molecule has 2 atom stereocenters. The van der Waals surface area contributed by atoms with E-state index in [-0.39, 0.29) is 17.1 Å². The van der Waals surface area contributed by atoms with Crippen LogP contribution in [-0.2, 0) is 4.79 Å². The number of amides is 1. The first-order chi connectivity index (χ1) is 16.9. The van der Waals surface area contributed by atoms with Crippen LogP contribution in [0.1, 0.15) is 27.4 Å². The first-order valence-electron chi connectivity index (χ1n) is 10.5. The summed E-state index contributed by atoms with van der Waals surface area (Å²) in [5, 5.41) is 6.13. The van der Waals surface area contributed by atoms with Gasteiger partial charge in [-0.2, -0.15) is 0 Å². The Labute approximate surface area is 230 Å². The molecule has 2 N–H and O–H groups in total. The lowest BCUT2D eigenvalue weighted by Gasteiger charge is -2.15. The van der Waals surface area contributed by atoms with Gasteiger partial charge in [0, 0.05) is 28.2 Å². The molecule has 0 radical (unpaired) electrons. The fourth-order valence-corrected chi connectivity index (χ4v) is 5.76. The summed E-state index contributed by atoms with van der Waals surface area (Å²) in [6.45, 7) is 1.77. The van der Waals surface area contributed by atoms with Crippen molar-refractivity contribution in [2.75, 3.05) is 17.2 Å². The lowest BCUT2D eigenvalue weighted by atomic mass is 9.99. The second-order valence-corrected chi connectivity index (χ2v) is 11.0. The van der Waals surface area contributed by atoms with Gasteiger partial charge in [-0.05, 0) is 60.5 Å². The number of carbonyl (C=O) groups excluding carboxylic acids is 2. The number of para-hydroxylation sites is 1. The maximum atomic E-state index is 14.0. The van der Waals surface area contributed by atoms with Gasteiger partial charge in [-0.25, -0.2) is 8.78 Å². The Kier molecular flexibility index (Phi) is 7.48. The molecule has 4 nitrogen and oxygen atoms in total. The lowest BCUT2D eigenvalue weighted by Crippen LogP contribution is -2.23. The average Bonchev–Trinajstić information content (AvgIpc) is 3.33. The van der Waals surface area contributed by atoms with Gasteiger partial charge in [0.05, 0.1) is 16.0 Å². The van der Waals surface area contributed by atoms with Crippen LogP contribution in [-0.4, -0.2) is 23.1 Å². The summed E-state index contributed by atoms with van der Waals surface area (Å²) in [5.74, 6) is -3.29. The van der Waals surface area contributed by atoms with E-state index in [9.17, 15) is 18.4 Å².